The molecule has 2 aromatic heterocycles. The molecule has 6 rings (SSSR count). The smallest absolute Gasteiger partial charge is 0.343 e. The molecule has 0 unspecified atom stereocenters. The second kappa shape index (κ2) is 8.15. The molecule has 0 atom stereocenters. The van der Waals surface area contributed by atoms with Crippen LogP contribution >= 0.6 is 0 Å². The van der Waals surface area contributed by atoms with E-state index in [1.807, 2.05) is 54.6 Å². The fraction of sp³-hybridized carbons (Fsp3) is 0.107. The predicted octanol–water partition coefficient (Wildman–Crippen LogP) is 5.71. The van der Waals surface area contributed by atoms with Crippen molar-refractivity contribution in [3.05, 3.63) is 96.2 Å². The van der Waals surface area contributed by atoms with Crippen molar-refractivity contribution in [3.8, 4) is 11.5 Å². The topological polar surface area (TPSA) is 64.5 Å². The first-order chi connectivity index (χ1) is 16.7. The molecule has 0 amide bonds. The number of nitrogens with zero attached hydrogens (tertiary/aromatic N) is 3. The number of hydrogen-bond donors (Lipinski definition) is 0. The van der Waals surface area contributed by atoms with E-state index in [9.17, 15) is 4.79 Å². The zero-order valence-corrected chi connectivity index (χ0v) is 18.6. The van der Waals surface area contributed by atoms with Gasteiger partial charge in [-0.1, -0.05) is 18.2 Å². The maximum atomic E-state index is 12.8. The highest BCUT2D eigenvalue weighted by molar-refractivity contribution is 5.94. The summed E-state index contributed by atoms with van der Waals surface area (Å²) in [5.41, 5.74) is 4.24. The molecule has 0 N–H and O–H groups in total. The van der Waals surface area contributed by atoms with Crippen LogP contribution in [0.1, 0.15) is 15.9 Å². The number of carbonyl (C=O) groups excluding carboxylic acids is 1. The molecule has 3 heterocycles. The number of methoxy groups -OCH3 is 1. The van der Waals surface area contributed by atoms with Crippen LogP contribution in [-0.2, 0) is 6.42 Å². The molecule has 0 saturated carbocycles. The van der Waals surface area contributed by atoms with Crippen LogP contribution in [0, 0.1) is 0 Å². The molecule has 1 aliphatic rings. The molecule has 6 nitrogen and oxygen atoms in total. The first kappa shape index (κ1) is 20.2. The van der Waals surface area contributed by atoms with Crippen LogP contribution in [0.2, 0.25) is 0 Å². The monoisotopic (exact) mass is 447 g/mol. The minimum atomic E-state index is -0.414. The van der Waals surface area contributed by atoms with Crippen LogP contribution in [0.4, 0.5) is 11.5 Å². The quantitative estimate of drug-likeness (QED) is 0.260. The van der Waals surface area contributed by atoms with E-state index in [0.717, 1.165) is 46.5 Å². The van der Waals surface area contributed by atoms with E-state index in [2.05, 4.69) is 16.0 Å². The minimum absolute atomic E-state index is 0.414. The highest BCUT2D eigenvalue weighted by Crippen LogP contribution is 2.36. The minimum Gasteiger partial charge on any atom is -0.497 e. The summed E-state index contributed by atoms with van der Waals surface area (Å²) in [5.74, 6) is 1.77. The first-order valence-corrected chi connectivity index (χ1v) is 11.1. The molecule has 0 radical (unpaired) electrons. The molecular formula is C28H21N3O3. The third kappa shape index (κ3) is 3.49. The van der Waals surface area contributed by atoms with Gasteiger partial charge in [0.05, 0.1) is 18.2 Å². The molecule has 0 bridgehead atoms. The van der Waals surface area contributed by atoms with Crippen molar-refractivity contribution in [3.63, 3.8) is 0 Å². The Morgan fingerprint density at radius 1 is 0.941 bits per heavy atom. The van der Waals surface area contributed by atoms with E-state index in [4.69, 9.17) is 14.5 Å². The molecule has 3 aromatic carbocycles. The summed E-state index contributed by atoms with van der Waals surface area (Å²) >= 11 is 0. The van der Waals surface area contributed by atoms with Gasteiger partial charge in [-0.3, -0.25) is 4.98 Å². The van der Waals surface area contributed by atoms with Gasteiger partial charge in [-0.2, -0.15) is 0 Å². The van der Waals surface area contributed by atoms with Gasteiger partial charge in [-0.15, -0.1) is 0 Å². The number of benzene rings is 3. The second-order valence-electron chi connectivity index (χ2n) is 8.20. The van der Waals surface area contributed by atoms with E-state index >= 15 is 0 Å². The van der Waals surface area contributed by atoms with Crippen molar-refractivity contribution >= 4 is 39.3 Å². The van der Waals surface area contributed by atoms with E-state index < -0.39 is 5.97 Å². The Kier molecular flexibility index (Phi) is 4.84. The number of pyridine rings is 2. The maximum Gasteiger partial charge on any atom is 0.343 e. The van der Waals surface area contributed by atoms with E-state index in [1.54, 1.807) is 31.5 Å². The fourth-order valence-corrected chi connectivity index (χ4v) is 4.41. The van der Waals surface area contributed by atoms with Crippen LogP contribution in [0.5, 0.6) is 11.5 Å². The van der Waals surface area contributed by atoms with Crippen LogP contribution in [0.15, 0.2) is 85.1 Å². The SMILES string of the molecule is COc1ccc2cc3c(nc2c1)N(c1ccc(C(=O)Oc2cccc4cccnc24)cc1)CC3. The van der Waals surface area contributed by atoms with Crippen LogP contribution in [0.3, 0.4) is 0 Å². The van der Waals surface area contributed by atoms with Gasteiger partial charge in [0.15, 0.2) is 5.75 Å². The summed E-state index contributed by atoms with van der Waals surface area (Å²) in [6.07, 6.45) is 2.61. The largest absolute Gasteiger partial charge is 0.497 e. The standard InChI is InChI=1S/C28H21N3O3/c1-33-23-12-9-20-16-21-13-15-31(27(21)30-24(20)17-23)22-10-7-19(8-11-22)28(32)34-25-6-2-4-18-5-3-14-29-26(18)25/h2-12,14,16-17H,13,15H2,1H3. The summed E-state index contributed by atoms with van der Waals surface area (Å²) < 4.78 is 11.0. The lowest BCUT2D eigenvalue weighted by molar-refractivity contribution is 0.0737. The number of ether oxygens (including phenoxy) is 2. The third-order valence-electron chi connectivity index (χ3n) is 6.15. The van der Waals surface area contributed by atoms with Gasteiger partial charge < -0.3 is 14.4 Å². The Morgan fingerprint density at radius 2 is 1.79 bits per heavy atom. The highest BCUT2D eigenvalue weighted by Gasteiger charge is 2.23. The molecule has 0 fully saturated rings. The van der Waals surface area contributed by atoms with Crippen molar-refractivity contribution in [1.29, 1.82) is 0 Å². The molecule has 6 heteroatoms. The number of para-hydroxylation sites is 1. The lowest BCUT2D eigenvalue weighted by Crippen LogP contribution is -2.15. The van der Waals surface area contributed by atoms with Crippen molar-refractivity contribution in [2.75, 3.05) is 18.6 Å². The van der Waals surface area contributed by atoms with Crippen molar-refractivity contribution < 1.29 is 14.3 Å². The molecule has 0 spiro atoms. The van der Waals surface area contributed by atoms with E-state index in [1.165, 1.54) is 5.56 Å². The number of carbonyl (C=O) groups is 1. The zero-order chi connectivity index (χ0) is 23.1. The van der Waals surface area contributed by atoms with Gasteiger partial charge in [-0.05, 0) is 66.6 Å². The summed E-state index contributed by atoms with van der Waals surface area (Å²) in [6.45, 7) is 0.835. The number of aromatic nitrogens is 2. The van der Waals surface area contributed by atoms with E-state index in [0.29, 0.717) is 16.8 Å². The van der Waals surface area contributed by atoms with Gasteiger partial charge in [0.25, 0.3) is 0 Å². The predicted molar refractivity (Wildman–Crippen MR) is 132 cm³/mol. The highest BCUT2D eigenvalue weighted by atomic mass is 16.5. The van der Waals surface area contributed by atoms with Gasteiger partial charge in [0.1, 0.15) is 17.1 Å². The normalized spacial score (nSPS) is 12.7. The van der Waals surface area contributed by atoms with Crippen molar-refractivity contribution in [2.24, 2.45) is 0 Å². The average Bonchev–Trinajstić information content (AvgIpc) is 3.30. The summed E-state index contributed by atoms with van der Waals surface area (Å²) in [7, 11) is 1.66. The van der Waals surface area contributed by atoms with Crippen LogP contribution in [0.25, 0.3) is 21.8 Å². The number of esters is 1. The number of rotatable bonds is 4. The Labute approximate surface area is 196 Å². The fourth-order valence-electron chi connectivity index (χ4n) is 4.41. The van der Waals surface area contributed by atoms with Crippen molar-refractivity contribution in [1.82, 2.24) is 9.97 Å². The van der Waals surface area contributed by atoms with Gasteiger partial charge >= 0.3 is 5.97 Å². The van der Waals surface area contributed by atoms with Gasteiger partial charge in [0, 0.05) is 35.3 Å². The second-order valence-corrected chi connectivity index (χ2v) is 8.20. The molecule has 0 saturated heterocycles. The number of fused-ring (bicyclic) bond motifs is 3. The molecule has 166 valence electrons. The van der Waals surface area contributed by atoms with Gasteiger partial charge in [-0.25, -0.2) is 9.78 Å². The summed E-state index contributed by atoms with van der Waals surface area (Å²) in [4.78, 5) is 24.2. The zero-order valence-electron chi connectivity index (χ0n) is 18.6. The molecular weight excluding hydrogens is 426 g/mol. The number of hydrogen-bond acceptors (Lipinski definition) is 6. The van der Waals surface area contributed by atoms with E-state index in [-0.39, 0.29) is 0 Å². The maximum absolute atomic E-state index is 12.8. The Morgan fingerprint density at radius 3 is 2.65 bits per heavy atom. The summed E-state index contributed by atoms with van der Waals surface area (Å²) in [6, 6.07) is 24.9. The number of anilines is 2. The molecule has 5 aromatic rings. The summed E-state index contributed by atoms with van der Waals surface area (Å²) in [5, 5.41) is 2.02. The van der Waals surface area contributed by atoms with Crippen LogP contribution < -0.4 is 14.4 Å². The lowest BCUT2D eigenvalue weighted by atomic mass is 10.1. The Hall–Kier alpha value is -4.45. The third-order valence-corrected chi connectivity index (χ3v) is 6.15. The molecule has 0 aliphatic carbocycles. The molecule has 1 aliphatic heterocycles. The Balaban J connectivity index is 1.26. The van der Waals surface area contributed by atoms with Crippen LogP contribution in [-0.4, -0.2) is 29.6 Å². The van der Waals surface area contributed by atoms with Crippen molar-refractivity contribution in [2.45, 2.75) is 6.42 Å². The lowest BCUT2D eigenvalue weighted by Gasteiger charge is -2.19. The average molecular weight is 447 g/mol. The van der Waals surface area contributed by atoms with Gasteiger partial charge in [0.2, 0.25) is 0 Å². The molecule has 34 heavy (non-hydrogen) atoms. The Bertz CT molecular complexity index is 1540. The first-order valence-electron chi connectivity index (χ1n) is 11.1.